The van der Waals surface area contributed by atoms with Gasteiger partial charge in [0, 0.05) is 29.6 Å². The molecule has 0 aliphatic carbocycles. The first-order valence-corrected chi connectivity index (χ1v) is 5.95. The van der Waals surface area contributed by atoms with Gasteiger partial charge in [0.05, 0.1) is 9.75 Å². The zero-order valence-corrected chi connectivity index (χ0v) is 12.2. The van der Waals surface area contributed by atoms with Gasteiger partial charge in [-0.3, -0.25) is 0 Å². The fraction of sp³-hybridized carbons (Fsp3) is 0.100. The van der Waals surface area contributed by atoms with Crippen LogP contribution in [0.5, 0.6) is 0 Å². The number of thiophene rings is 2. The number of hydrogen-bond donors (Lipinski definition) is 2. The predicted octanol–water partition coefficient (Wildman–Crippen LogP) is 1.75. The van der Waals surface area contributed by atoms with Gasteiger partial charge in [-0.15, -0.1) is 22.7 Å². The summed E-state index contributed by atoms with van der Waals surface area (Å²) in [5, 5.41) is 22.9. The molecule has 0 saturated heterocycles. The van der Waals surface area contributed by atoms with Gasteiger partial charge in [-0.05, 0) is 22.9 Å². The second kappa shape index (κ2) is 5.44. The summed E-state index contributed by atoms with van der Waals surface area (Å²) in [7, 11) is 0. The number of carbonyl (C=O) groups is 1. The maximum absolute atomic E-state index is 11.2. The van der Waals surface area contributed by atoms with E-state index < -0.39 is 11.6 Å². The van der Waals surface area contributed by atoms with E-state index in [0.29, 0.717) is 9.75 Å². The zero-order chi connectivity index (χ0) is 10.9. The Morgan fingerprint density at radius 2 is 1.56 bits per heavy atom. The number of hydrogen-bond acceptors (Lipinski definition) is 4. The van der Waals surface area contributed by atoms with E-state index in [1.54, 1.807) is 35.0 Å². The van der Waals surface area contributed by atoms with Crippen LogP contribution in [0.2, 0.25) is 0 Å². The zero-order valence-electron chi connectivity index (χ0n) is 8.58. The molecule has 2 rings (SSSR count). The summed E-state index contributed by atoms with van der Waals surface area (Å²) >= 11 is 2.46. The van der Waals surface area contributed by atoms with Crippen LogP contribution in [0.25, 0.3) is 0 Å². The molecule has 0 aliphatic heterocycles. The second-order valence-electron chi connectivity index (χ2n) is 2.97. The van der Waals surface area contributed by atoms with Crippen LogP contribution in [-0.2, 0) is 10.4 Å². The van der Waals surface area contributed by atoms with Crippen LogP contribution in [0.1, 0.15) is 9.75 Å². The van der Waals surface area contributed by atoms with Gasteiger partial charge < -0.3 is 10.2 Å². The maximum Gasteiger partial charge on any atom is 0.346 e. The summed E-state index contributed by atoms with van der Waals surface area (Å²) in [4.78, 5) is 12.0. The van der Waals surface area contributed by atoms with Crippen molar-refractivity contribution >= 4 is 58.2 Å². The van der Waals surface area contributed by atoms with Crippen molar-refractivity contribution in [2.45, 2.75) is 5.60 Å². The Balaban J connectivity index is 0.00000128. The first-order chi connectivity index (χ1) is 7.15. The van der Waals surface area contributed by atoms with Crippen molar-refractivity contribution in [3.8, 4) is 0 Å². The van der Waals surface area contributed by atoms with Crippen LogP contribution >= 0.6 is 22.7 Å². The largest absolute Gasteiger partial charge is 0.479 e. The van der Waals surface area contributed by atoms with E-state index in [1.165, 1.54) is 22.7 Å². The van der Waals surface area contributed by atoms with Crippen molar-refractivity contribution in [3.63, 3.8) is 0 Å². The van der Waals surface area contributed by atoms with Crippen molar-refractivity contribution in [1.29, 1.82) is 0 Å². The molecule has 0 aliphatic rings. The molecule has 0 fully saturated rings. The Bertz CT molecular complexity index is 416. The molecule has 0 unspecified atom stereocenters. The molecule has 1 radical (unpaired) electrons. The standard InChI is InChI=1S/C10H8O3S2.Na/c11-9(12)10(13,7-3-1-5-14-7)8-4-2-6-15-8;/h1-6,13H,(H,11,12);. The fourth-order valence-electron chi connectivity index (χ4n) is 1.30. The first-order valence-electron chi connectivity index (χ1n) is 4.19. The third-order valence-corrected chi connectivity index (χ3v) is 4.02. The van der Waals surface area contributed by atoms with Crippen LogP contribution in [0, 0.1) is 0 Å². The number of aliphatic carboxylic acids is 1. The third kappa shape index (κ3) is 2.25. The third-order valence-electron chi connectivity index (χ3n) is 2.07. The smallest absolute Gasteiger partial charge is 0.346 e. The molecule has 79 valence electrons. The van der Waals surface area contributed by atoms with Gasteiger partial charge in [-0.25, -0.2) is 4.79 Å². The molecule has 0 aromatic carbocycles. The average Bonchev–Trinajstić information content (AvgIpc) is 2.89. The van der Waals surface area contributed by atoms with Gasteiger partial charge in [0.1, 0.15) is 0 Å². The van der Waals surface area contributed by atoms with Gasteiger partial charge in [-0.2, -0.15) is 0 Å². The number of carboxylic acid groups (broad SMARTS) is 1. The minimum absolute atomic E-state index is 0. The van der Waals surface area contributed by atoms with Gasteiger partial charge in [-0.1, -0.05) is 12.1 Å². The van der Waals surface area contributed by atoms with Crippen LogP contribution in [-0.4, -0.2) is 45.7 Å². The summed E-state index contributed by atoms with van der Waals surface area (Å²) in [5.74, 6) is -1.24. The van der Waals surface area contributed by atoms with E-state index in [1.807, 2.05) is 0 Å². The van der Waals surface area contributed by atoms with E-state index in [0.717, 1.165) is 0 Å². The van der Waals surface area contributed by atoms with Crippen LogP contribution in [0.15, 0.2) is 35.0 Å². The Hall–Kier alpha value is -0.170. The minimum atomic E-state index is -1.90. The normalized spacial score (nSPS) is 10.8. The predicted molar refractivity (Wildman–Crippen MR) is 65.0 cm³/mol. The van der Waals surface area contributed by atoms with Gasteiger partial charge >= 0.3 is 5.97 Å². The van der Waals surface area contributed by atoms with Crippen molar-refractivity contribution in [2.75, 3.05) is 0 Å². The number of rotatable bonds is 3. The number of aliphatic hydroxyl groups is 1. The molecule has 2 heterocycles. The van der Waals surface area contributed by atoms with Gasteiger partial charge in [0.15, 0.2) is 0 Å². The molecule has 0 saturated carbocycles. The number of carboxylic acids is 1. The van der Waals surface area contributed by atoms with Gasteiger partial charge in [0.25, 0.3) is 0 Å². The van der Waals surface area contributed by atoms with E-state index in [2.05, 4.69) is 0 Å². The Labute approximate surface area is 123 Å². The van der Waals surface area contributed by atoms with Crippen molar-refractivity contribution in [1.82, 2.24) is 0 Å². The summed E-state index contributed by atoms with van der Waals surface area (Å²) in [6.07, 6.45) is 0. The molecular formula is C10H8NaO3S2. The average molecular weight is 263 g/mol. The van der Waals surface area contributed by atoms with E-state index in [9.17, 15) is 9.90 Å². The summed E-state index contributed by atoms with van der Waals surface area (Å²) in [5.41, 5.74) is -1.90. The summed E-state index contributed by atoms with van der Waals surface area (Å²) in [6, 6.07) is 6.69. The van der Waals surface area contributed by atoms with E-state index in [4.69, 9.17) is 5.11 Å². The quantitative estimate of drug-likeness (QED) is 0.829. The molecule has 2 N–H and O–H groups in total. The summed E-state index contributed by atoms with van der Waals surface area (Å²) in [6.45, 7) is 0. The monoisotopic (exact) mass is 263 g/mol. The van der Waals surface area contributed by atoms with E-state index in [-0.39, 0.29) is 29.6 Å². The molecule has 0 atom stereocenters. The fourth-order valence-corrected chi connectivity index (χ4v) is 3.02. The minimum Gasteiger partial charge on any atom is -0.479 e. The SMILES string of the molecule is O=C(O)C(O)(c1cccs1)c1cccs1.[Na]. The van der Waals surface area contributed by atoms with Gasteiger partial charge in [0.2, 0.25) is 5.60 Å². The van der Waals surface area contributed by atoms with Crippen molar-refractivity contribution < 1.29 is 15.0 Å². The topological polar surface area (TPSA) is 57.5 Å². The van der Waals surface area contributed by atoms with Crippen LogP contribution in [0.4, 0.5) is 0 Å². The Morgan fingerprint density at radius 3 is 1.81 bits per heavy atom. The molecular weight excluding hydrogens is 255 g/mol. The second-order valence-corrected chi connectivity index (χ2v) is 4.87. The van der Waals surface area contributed by atoms with Crippen LogP contribution in [0.3, 0.4) is 0 Å². The first kappa shape index (κ1) is 13.9. The molecule has 16 heavy (non-hydrogen) atoms. The van der Waals surface area contributed by atoms with Crippen LogP contribution < -0.4 is 0 Å². The molecule has 6 heteroatoms. The van der Waals surface area contributed by atoms with E-state index >= 15 is 0 Å². The molecule has 2 aromatic rings. The Kier molecular flexibility index (Phi) is 4.73. The summed E-state index contributed by atoms with van der Waals surface area (Å²) < 4.78 is 0. The Morgan fingerprint density at radius 1 is 1.12 bits per heavy atom. The van der Waals surface area contributed by atoms with Crippen molar-refractivity contribution in [3.05, 3.63) is 44.8 Å². The molecule has 3 nitrogen and oxygen atoms in total. The maximum atomic E-state index is 11.2. The molecule has 0 spiro atoms. The molecule has 0 amide bonds. The van der Waals surface area contributed by atoms with Crippen molar-refractivity contribution in [2.24, 2.45) is 0 Å². The molecule has 2 aromatic heterocycles. The molecule has 0 bridgehead atoms.